The lowest BCUT2D eigenvalue weighted by Gasteiger charge is -2.28. The van der Waals surface area contributed by atoms with Gasteiger partial charge in [-0.1, -0.05) is 13.8 Å². The van der Waals surface area contributed by atoms with Crippen LogP contribution in [0.4, 0.5) is 5.69 Å². The average Bonchev–Trinajstić information content (AvgIpc) is 2.25. The van der Waals surface area contributed by atoms with Gasteiger partial charge < -0.3 is 10.1 Å². The maximum atomic E-state index is 11.8. The summed E-state index contributed by atoms with van der Waals surface area (Å²) < 4.78 is 28.4. The van der Waals surface area contributed by atoms with Gasteiger partial charge in [-0.3, -0.25) is 4.79 Å². The lowest BCUT2D eigenvalue weighted by molar-refractivity contribution is -0.125. The van der Waals surface area contributed by atoms with Gasteiger partial charge >= 0.3 is 0 Å². The molecule has 0 saturated carbocycles. The summed E-state index contributed by atoms with van der Waals surface area (Å²) in [6.45, 7) is 3.78. The number of carbonyl (C=O) groups excluding carboxylic acids is 1. The SMILES string of the molecule is CC(C)C1Oc2ccc(S(C)(=O)=O)cc2NC1=O. The Morgan fingerprint density at radius 1 is 1.33 bits per heavy atom. The smallest absolute Gasteiger partial charge is 0.265 e. The van der Waals surface area contributed by atoms with Crippen LogP contribution in [0, 0.1) is 5.92 Å². The Labute approximate surface area is 106 Å². The Balaban J connectivity index is 2.41. The zero-order valence-electron chi connectivity index (χ0n) is 10.4. The highest BCUT2D eigenvalue weighted by Crippen LogP contribution is 2.33. The number of fused-ring (bicyclic) bond motifs is 1. The molecule has 1 aromatic rings. The predicted octanol–water partition coefficient (Wildman–Crippen LogP) is 1.45. The first kappa shape index (κ1) is 12.9. The van der Waals surface area contributed by atoms with Crippen molar-refractivity contribution in [3.8, 4) is 5.75 Å². The molecule has 1 atom stereocenters. The van der Waals surface area contributed by atoms with E-state index in [1.54, 1.807) is 6.07 Å². The molecule has 0 saturated heterocycles. The van der Waals surface area contributed by atoms with Crippen molar-refractivity contribution in [2.45, 2.75) is 24.8 Å². The van der Waals surface area contributed by atoms with E-state index in [2.05, 4.69) is 5.32 Å². The number of benzene rings is 1. The highest BCUT2D eigenvalue weighted by Gasteiger charge is 2.30. The molecule has 1 aliphatic heterocycles. The molecule has 1 amide bonds. The molecule has 0 aromatic heterocycles. The van der Waals surface area contributed by atoms with Crippen LogP contribution in [0.3, 0.4) is 0 Å². The number of sulfone groups is 1. The molecule has 0 aliphatic carbocycles. The largest absolute Gasteiger partial charge is 0.478 e. The van der Waals surface area contributed by atoms with Crippen LogP contribution in [0.1, 0.15) is 13.8 Å². The van der Waals surface area contributed by atoms with Crippen LogP contribution in [-0.2, 0) is 14.6 Å². The molecule has 18 heavy (non-hydrogen) atoms. The molecule has 1 N–H and O–H groups in total. The third-order valence-corrected chi connectivity index (χ3v) is 3.87. The lowest BCUT2D eigenvalue weighted by atomic mass is 10.0. The predicted molar refractivity (Wildman–Crippen MR) is 67.4 cm³/mol. The fourth-order valence-corrected chi connectivity index (χ4v) is 2.42. The van der Waals surface area contributed by atoms with Gasteiger partial charge in [0.1, 0.15) is 5.75 Å². The Morgan fingerprint density at radius 3 is 2.56 bits per heavy atom. The second-order valence-corrected chi connectivity index (χ2v) is 6.72. The first-order valence-electron chi connectivity index (χ1n) is 5.60. The second-order valence-electron chi connectivity index (χ2n) is 4.70. The maximum Gasteiger partial charge on any atom is 0.265 e. The zero-order valence-corrected chi connectivity index (χ0v) is 11.2. The van der Waals surface area contributed by atoms with E-state index in [1.165, 1.54) is 12.1 Å². The molecule has 6 heteroatoms. The molecule has 0 bridgehead atoms. The molecule has 0 fully saturated rings. The third kappa shape index (κ3) is 2.33. The minimum Gasteiger partial charge on any atom is -0.478 e. The normalized spacial score (nSPS) is 19.1. The Bertz CT molecular complexity index is 592. The van der Waals surface area contributed by atoms with E-state index < -0.39 is 15.9 Å². The van der Waals surface area contributed by atoms with Crippen molar-refractivity contribution in [3.63, 3.8) is 0 Å². The molecule has 98 valence electrons. The summed E-state index contributed by atoms with van der Waals surface area (Å²) in [5.74, 6) is 0.302. The van der Waals surface area contributed by atoms with E-state index in [4.69, 9.17) is 4.74 Å². The molecular weight excluding hydrogens is 254 g/mol. The van der Waals surface area contributed by atoms with Gasteiger partial charge in [0.2, 0.25) is 0 Å². The van der Waals surface area contributed by atoms with Crippen LogP contribution in [0.2, 0.25) is 0 Å². The number of carbonyl (C=O) groups is 1. The summed E-state index contributed by atoms with van der Waals surface area (Å²) in [7, 11) is -3.29. The molecule has 1 unspecified atom stereocenters. The summed E-state index contributed by atoms with van der Waals surface area (Å²) >= 11 is 0. The Kier molecular flexibility index (Phi) is 3.06. The van der Waals surface area contributed by atoms with E-state index in [-0.39, 0.29) is 16.7 Å². The number of amides is 1. The van der Waals surface area contributed by atoms with Gasteiger partial charge in [-0.15, -0.1) is 0 Å². The molecule has 1 heterocycles. The number of hydrogen-bond donors (Lipinski definition) is 1. The van der Waals surface area contributed by atoms with Gasteiger partial charge in [-0.2, -0.15) is 0 Å². The zero-order chi connectivity index (χ0) is 13.5. The van der Waals surface area contributed by atoms with E-state index in [0.717, 1.165) is 6.26 Å². The third-order valence-electron chi connectivity index (χ3n) is 2.75. The highest BCUT2D eigenvalue weighted by atomic mass is 32.2. The van der Waals surface area contributed by atoms with E-state index in [1.807, 2.05) is 13.8 Å². The van der Waals surface area contributed by atoms with E-state index >= 15 is 0 Å². The Hall–Kier alpha value is -1.56. The van der Waals surface area contributed by atoms with E-state index in [0.29, 0.717) is 11.4 Å². The van der Waals surface area contributed by atoms with Crippen molar-refractivity contribution < 1.29 is 17.9 Å². The summed E-state index contributed by atoms with van der Waals surface area (Å²) in [5, 5.41) is 2.68. The first-order valence-corrected chi connectivity index (χ1v) is 7.50. The van der Waals surface area contributed by atoms with Crippen molar-refractivity contribution in [1.29, 1.82) is 0 Å². The standard InChI is InChI=1S/C12H15NO4S/c1-7(2)11-12(14)13-9-6-8(18(3,15)16)4-5-10(9)17-11/h4-7,11H,1-3H3,(H,13,14). The van der Waals surface area contributed by atoms with Gasteiger partial charge in [0.25, 0.3) is 5.91 Å². The van der Waals surface area contributed by atoms with Gasteiger partial charge in [0.05, 0.1) is 10.6 Å². The van der Waals surface area contributed by atoms with Gasteiger partial charge in [0.15, 0.2) is 15.9 Å². The molecular formula is C12H15NO4S. The van der Waals surface area contributed by atoms with Crippen LogP contribution >= 0.6 is 0 Å². The fraction of sp³-hybridized carbons (Fsp3) is 0.417. The summed E-state index contributed by atoms with van der Waals surface area (Å²) in [4.78, 5) is 11.9. The Morgan fingerprint density at radius 2 is 2.00 bits per heavy atom. The molecule has 0 radical (unpaired) electrons. The number of nitrogens with one attached hydrogen (secondary N) is 1. The number of anilines is 1. The van der Waals surface area contributed by atoms with Gasteiger partial charge in [-0.05, 0) is 24.1 Å². The van der Waals surface area contributed by atoms with Gasteiger partial charge in [0, 0.05) is 6.26 Å². The maximum absolute atomic E-state index is 11.8. The highest BCUT2D eigenvalue weighted by molar-refractivity contribution is 7.90. The minimum absolute atomic E-state index is 0.0488. The topological polar surface area (TPSA) is 72.5 Å². The van der Waals surface area contributed by atoms with Crippen molar-refractivity contribution in [1.82, 2.24) is 0 Å². The first-order chi connectivity index (χ1) is 8.29. The summed E-state index contributed by atoms with van der Waals surface area (Å²) in [6.07, 6.45) is 0.582. The van der Waals surface area contributed by atoms with Crippen LogP contribution in [-0.4, -0.2) is 26.7 Å². The van der Waals surface area contributed by atoms with Crippen LogP contribution in [0.5, 0.6) is 5.75 Å². The molecule has 0 spiro atoms. The van der Waals surface area contributed by atoms with Crippen LogP contribution < -0.4 is 10.1 Å². The monoisotopic (exact) mass is 269 g/mol. The van der Waals surface area contributed by atoms with E-state index in [9.17, 15) is 13.2 Å². The number of ether oxygens (including phenoxy) is 1. The summed E-state index contributed by atoms with van der Waals surface area (Å²) in [6, 6.07) is 4.46. The van der Waals surface area contributed by atoms with Gasteiger partial charge in [-0.25, -0.2) is 8.42 Å². The summed E-state index contributed by atoms with van der Waals surface area (Å²) in [5.41, 5.74) is 0.403. The van der Waals surface area contributed by atoms with Crippen molar-refractivity contribution in [2.24, 2.45) is 5.92 Å². The lowest BCUT2D eigenvalue weighted by Crippen LogP contribution is -2.40. The molecule has 5 nitrogen and oxygen atoms in total. The van der Waals surface area contributed by atoms with Crippen molar-refractivity contribution >= 4 is 21.4 Å². The van der Waals surface area contributed by atoms with Crippen molar-refractivity contribution in [2.75, 3.05) is 11.6 Å². The van der Waals surface area contributed by atoms with Crippen molar-refractivity contribution in [3.05, 3.63) is 18.2 Å². The number of hydrogen-bond acceptors (Lipinski definition) is 4. The minimum atomic E-state index is -3.29. The van der Waals surface area contributed by atoms with Crippen LogP contribution in [0.25, 0.3) is 0 Å². The fourth-order valence-electron chi connectivity index (χ4n) is 1.77. The quantitative estimate of drug-likeness (QED) is 0.882. The molecule has 2 rings (SSSR count). The van der Waals surface area contributed by atoms with Crippen LogP contribution in [0.15, 0.2) is 23.1 Å². The average molecular weight is 269 g/mol. The second kappa shape index (κ2) is 4.28. The molecule has 1 aliphatic rings. The molecule has 1 aromatic carbocycles. The number of rotatable bonds is 2.